The second-order valence-corrected chi connectivity index (χ2v) is 4.57. The molecule has 1 unspecified atom stereocenters. The van der Waals surface area contributed by atoms with Crippen molar-refractivity contribution in [3.63, 3.8) is 0 Å². The Bertz CT molecular complexity index is 365. The van der Waals surface area contributed by atoms with E-state index in [9.17, 15) is 0 Å². The maximum atomic E-state index is 5.46. The van der Waals surface area contributed by atoms with E-state index in [0.29, 0.717) is 0 Å². The van der Waals surface area contributed by atoms with E-state index in [4.69, 9.17) is 9.15 Å². The van der Waals surface area contributed by atoms with Gasteiger partial charge in [-0.3, -0.25) is 5.43 Å². The summed E-state index contributed by atoms with van der Waals surface area (Å²) in [6, 6.07) is 3.74. The number of rotatable bonds is 4. The van der Waals surface area contributed by atoms with Gasteiger partial charge >= 0.3 is 0 Å². The number of ether oxygens (including phenoxy) is 1. The highest BCUT2D eigenvalue weighted by molar-refractivity contribution is 5.84. The minimum Gasteiger partial charge on any atom is -0.464 e. The first-order valence-corrected chi connectivity index (χ1v) is 6.16. The fourth-order valence-corrected chi connectivity index (χ4v) is 2.01. The summed E-state index contributed by atoms with van der Waals surface area (Å²) < 4.78 is 10.8. The lowest BCUT2D eigenvalue weighted by molar-refractivity contribution is -0.0447. The molecule has 1 saturated carbocycles. The van der Waals surface area contributed by atoms with Crippen molar-refractivity contribution < 1.29 is 9.15 Å². The second-order valence-electron chi connectivity index (χ2n) is 4.57. The van der Waals surface area contributed by atoms with Crippen molar-refractivity contribution in [2.75, 3.05) is 7.11 Å². The molecule has 1 aliphatic carbocycles. The number of hydrogen-bond donors (Lipinski definition) is 1. The smallest absolute Gasteiger partial charge is 0.209 e. The Morgan fingerprint density at radius 2 is 2.12 bits per heavy atom. The molecule has 1 N–H and O–H groups in total. The number of nitrogens with zero attached hydrogens (tertiary/aromatic N) is 1. The van der Waals surface area contributed by atoms with Crippen LogP contribution in [0.5, 0.6) is 0 Å². The molecule has 0 radical (unpaired) electrons. The van der Waals surface area contributed by atoms with Crippen molar-refractivity contribution in [3.05, 3.63) is 24.2 Å². The van der Waals surface area contributed by atoms with Gasteiger partial charge < -0.3 is 9.15 Å². The molecule has 0 spiro atoms. The molecule has 0 amide bonds. The molecular weight excluding hydrogens is 216 g/mol. The van der Waals surface area contributed by atoms with Gasteiger partial charge in [0.2, 0.25) is 5.72 Å². The van der Waals surface area contributed by atoms with E-state index in [-0.39, 0.29) is 0 Å². The van der Waals surface area contributed by atoms with E-state index in [0.717, 1.165) is 18.6 Å². The number of hydrogen-bond acceptors (Lipinski definition) is 4. The topological polar surface area (TPSA) is 46.8 Å². The van der Waals surface area contributed by atoms with Crippen molar-refractivity contribution in [1.82, 2.24) is 5.43 Å². The van der Waals surface area contributed by atoms with Crippen molar-refractivity contribution in [3.8, 4) is 0 Å². The maximum absolute atomic E-state index is 5.46. The molecule has 4 nitrogen and oxygen atoms in total. The molecule has 2 rings (SSSR count). The Balaban J connectivity index is 2.04. The van der Waals surface area contributed by atoms with Crippen LogP contribution in [0.25, 0.3) is 0 Å². The fraction of sp³-hybridized carbons (Fsp3) is 0.615. The summed E-state index contributed by atoms with van der Waals surface area (Å²) in [6.07, 6.45) is 7.62. The van der Waals surface area contributed by atoms with Gasteiger partial charge in [0.05, 0.1) is 6.26 Å². The molecule has 1 aromatic rings. The Kier molecular flexibility index (Phi) is 3.84. The van der Waals surface area contributed by atoms with E-state index in [1.807, 2.05) is 19.1 Å². The maximum Gasteiger partial charge on any atom is 0.209 e. The van der Waals surface area contributed by atoms with E-state index in [2.05, 4.69) is 10.5 Å². The van der Waals surface area contributed by atoms with Crippen molar-refractivity contribution in [1.29, 1.82) is 0 Å². The molecule has 1 atom stereocenters. The quantitative estimate of drug-likeness (QED) is 0.645. The third-order valence-corrected chi connectivity index (χ3v) is 3.26. The number of nitrogens with one attached hydrogen (secondary N) is 1. The number of furan rings is 1. The Hall–Kier alpha value is -1.29. The van der Waals surface area contributed by atoms with Crippen LogP contribution in [0.4, 0.5) is 0 Å². The van der Waals surface area contributed by atoms with Crippen LogP contribution in [0.1, 0.15) is 44.8 Å². The molecule has 4 heteroatoms. The van der Waals surface area contributed by atoms with Crippen molar-refractivity contribution in [2.45, 2.75) is 44.8 Å². The van der Waals surface area contributed by atoms with Gasteiger partial charge in [0.1, 0.15) is 0 Å². The minimum absolute atomic E-state index is 0.687. The van der Waals surface area contributed by atoms with E-state index in [1.54, 1.807) is 13.4 Å². The lowest BCUT2D eigenvalue weighted by atomic mass is 9.99. The first-order chi connectivity index (χ1) is 8.24. The molecule has 17 heavy (non-hydrogen) atoms. The van der Waals surface area contributed by atoms with E-state index < -0.39 is 5.72 Å². The van der Waals surface area contributed by atoms with Gasteiger partial charge in [0.25, 0.3) is 0 Å². The van der Waals surface area contributed by atoms with Crippen LogP contribution in [-0.2, 0) is 10.5 Å². The molecular formula is C13H20N2O2. The van der Waals surface area contributed by atoms with Gasteiger partial charge in [0, 0.05) is 12.8 Å². The highest BCUT2D eigenvalue weighted by Crippen LogP contribution is 2.22. The number of hydrazone groups is 1. The molecule has 0 aliphatic heterocycles. The Labute approximate surface area is 102 Å². The molecule has 0 aromatic carbocycles. The first-order valence-electron chi connectivity index (χ1n) is 6.16. The largest absolute Gasteiger partial charge is 0.464 e. The third kappa shape index (κ3) is 2.88. The van der Waals surface area contributed by atoms with Crippen LogP contribution >= 0.6 is 0 Å². The summed E-state index contributed by atoms with van der Waals surface area (Å²) >= 11 is 0. The SMILES string of the molecule is COC(C)(NN=C1CCCCC1)c1ccco1. The monoisotopic (exact) mass is 236 g/mol. The van der Waals surface area contributed by atoms with Gasteiger partial charge in [-0.2, -0.15) is 5.10 Å². The van der Waals surface area contributed by atoms with Crippen LogP contribution in [0.3, 0.4) is 0 Å². The highest BCUT2D eigenvalue weighted by Gasteiger charge is 2.28. The summed E-state index contributed by atoms with van der Waals surface area (Å²) in [4.78, 5) is 0. The van der Waals surface area contributed by atoms with Crippen LogP contribution in [0.15, 0.2) is 27.9 Å². The normalized spacial score (nSPS) is 19.8. The van der Waals surface area contributed by atoms with Crippen LogP contribution in [0.2, 0.25) is 0 Å². The van der Waals surface area contributed by atoms with Crippen LogP contribution in [-0.4, -0.2) is 12.8 Å². The zero-order valence-electron chi connectivity index (χ0n) is 10.5. The summed E-state index contributed by atoms with van der Waals surface area (Å²) in [5.74, 6) is 0.736. The van der Waals surface area contributed by atoms with Gasteiger partial charge in [-0.05, 0) is 44.7 Å². The van der Waals surface area contributed by atoms with E-state index >= 15 is 0 Å². The lowest BCUT2D eigenvalue weighted by Gasteiger charge is -2.26. The Morgan fingerprint density at radius 3 is 2.71 bits per heavy atom. The fourth-order valence-electron chi connectivity index (χ4n) is 2.01. The van der Waals surface area contributed by atoms with E-state index in [1.165, 1.54) is 25.0 Å². The predicted octanol–water partition coefficient (Wildman–Crippen LogP) is 3.01. The summed E-state index contributed by atoms with van der Waals surface area (Å²) in [7, 11) is 1.65. The van der Waals surface area contributed by atoms with Gasteiger partial charge in [-0.15, -0.1) is 0 Å². The zero-order chi connectivity index (χ0) is 12.1. The molecule has 0 saturated heterocycles. The third-order valence-electron chi connectivity index (χ3n) is 3.26. The highest BCUT2D eigenvalue weighted by atomic mass is 16.5. The molecule has 0 bridgehead atoms. The molecule has 1 aliphatic rings. The molecule has 1 heterocycles. The van der Waals surface area contributed by atoms with Crippen LogP contribution in [0, 0.1) is 0 Å². The molecule has 94 valence electrons. The van der Waals surface area contributed by atoms with Gasteiger partial charge in [0.15, 0.2) is 5.76 Å². The van der Waals surface area contributed by atoms with Crippen molar-refractivity contribution >= 4 is 5.71 Å². The minimum atomic E-state index is -0.687. The standard InChI is InChI=1S/C13H20N2O2/c1-13(16-2,12-9-6-10-17-12)15-14-11-7-4-3-5-8-11/h6,9-10,15H,3-5,7-8H2,1-2H3. The van der Waals surface area contributed by atoms with Gasteiger partial charge in [-0.1, -0.05) is 6.42 Å². The average Bonchev–Trinajstić information content (AvgIpc) is 2.92. The van der Waals surface area contributed by atoms with Crippen molar-refractivity contribution in [2.24, 2.45) is 5.10 Å². The van der Waals surface area contributed by atoms with Gasteiger partial charge in [-0.25, -0.2) is 0 Å². The second kappa shape index (κ2) is 5.36. The zero-order valence-corrected chi connectivity index (χ0v) is 10.5. The first kappa shape index (κ1) is 12.2. The van der Waals surface area contributed by atoms with Crippen LogP contribution < -0.4 is 5.43 Å². The summed E-state index contributed by atoms with van der Waals surface area (Å²) in [5.41, 5.74) is 3.63. The summed E-state index contributed by atoms with van der Waals surface area (Å²) in [5, 5.41) is 4.46. The molecule has 1 fully saturated rings. The number of methoxy groups -OCH3 is 1. The average molecular weight is 236 g/mol. The predicted molar refractivity (Wildman–Crippen MR) is 66.7 cm³/mol. The lowest BCUT2D eigenvalue weighted by Crippen LogP contribution is -2.38. The molecule has 1 aromatic heterocycles. The Morgan fingerprint density at radius 1 is 1.35 bits per heavy atom. The summed E-state index contributed by atoms with van der Waals surface area (Å²) in [6.45, 7) is 1.92.